The van der Waals surface area contributed by atoms with Crippen molar-refractivity contribution in [2.75, 3.05) is 18.9 Å². The van der Waals surface area contributed by atoms with Crippen LogP contribution in [0.3, 0.4) is 0 Å². The van der Waals surface area contributed by atoms with E-state index in [-0.39, 0.29) is 6.61 Å². The van der Waals surface area contributed by atoms with E-state index < -0.39 is 6.10 Å². The highest BCUT2D eigenvalue weighted by molar-refractivity contribution is 8.00. The molecule has 0 bridgehead atoms. The van der Waals surface area contributed by atoms with Crippen molar-refractivity contribution in [2.45, 2.75) is 56.9 Å². The highest BCUT2D eigenvalue weighted by Gasteiger charge is 2.29. The van der Waals surface area contributed by atoms with Gasteiger partial charge in [-0.25, -0.2) is 0 Å². The molecule has 3 nitrogen and oxygen atoms in total. The molecule has 0 aliphatic heterocycles. The molecule has 0 aromatic rings. The molecule has 0 spiro atoms. The second-order valence-electron chi connectivity index (χ2n) is 4.96. The molecule has 1 rings (SSSR count). The molecule has 102 valence electrons. The van der Waals surface area contributed by atoms with Crippen LogP contribution < -0.4 is 5.32 Å². The summed E-state index contributed by atoms with van der Waals surface area (Å²) in [5, 5.41) is 22.4. The minimum Gasteiger partial charge on any atom is -0.394 e. The highest BCUT2D eigenvalue weighted by Crippen LogP contribution is 2.34. The molecule has 1 fully saturated rings. The predicted octanol–water partition coefficient (Wildman–Crippen LogP) is 1.63. The molecule has 0 saturated heterocycles. The lowest BCUT2D eigenvalue weighted by molar-refractivity contribution is 0.113. The third-order valence-electron chi connectivity index (χ3n) is 3.66. The number of nitrogens with one attached hydrogen (secondary N) is 1. The van der Waals surface area contributed by atoms with E-state index in [1.807, 2.05) is 11.8 Å². The number of aliphatic hydroxyl groups is 2. The Morgan fingerprint density at radius 3 is 2.71 bits per heavy atom. The van der Waals surface area contributed by atoms with E-state index in [0.29, 0.717) is 17.0 Å². The van der Waals surface area contributed by atoms with Crippen LogP contribution in [0.15, 0.2) is 0 Å². The van der Waals surface area contributed by atoms with E-state index in [0.717, 1.165) is 12.5 Å². The molecule has 1 aliphatic carbocycles. The molecule has 0 aromatic heterocycles. The Labute approximate surface area is 109 Å². The maximum Gasteiger partial charge on any atom is 0.0861 e. The Balaban J connectivity index is 2.42. The van der Waals surface area contributed by atoms with Gasteiger partial charge in [0.1, 0.15) is 0 Å². The quantitative estimate of drug-likeness (QED) is 0.652. The summed E-state index contributed by atoms with van der Waals surface area (Å²) in [6.45, 7) is 5.31. The monoisotopic (exact) mass is 261 g/mol. The van der Waals surface area contributed by atoms with Gasteiger partial charge in [-0.2, -0.15) is 11.8 Å². The summed E-state index contributed by atoms with van der Waals surface area (Å²) in [6.07, 6.45) is 4.52. The third kappa shape index (κ3) is 5.16. The first-order valence-corrected chi connectivity index (χ1v) is 7.90. The lowest BCUT2D eigenvalue weighted by atomic mass is 9.84. The highest BCUT2D eigenvalue weighted by atomic mass is 32.2. The molecule has 4 atom stereocenters. The van der Waals surface area contributed by atoms with Crippen molar-refractivity contribution in [1.29, 1.82) is 0 Å². The molecular formula is C13H27NO2S. The smallest absolute Gasteiger partial charge is 0.0861 e. The summed E-state index contributed by atoms with van der Waals surface area (Å²) < 4.78 is 0. The van der Waals surface area contributed by atoms with Crippen LogP contribution in [-0.2, 0) is 0 Å². The van der Waals surface area contributed by atoms with E-state index in [1.165, 1.54) is 25.7 Å². The van der Waals surface area contributed by atoms with Crippen LogP contribution in [0.2, 0.25) is 0 Å². The van der Waals surface area contributed by atoms with Gasteiger partial charge in [0.05, 0.1) is 12.7 Å². The first kappa shape index (κ1) is 15.3. The molecule has 1 aliphatic rings. The number of thioether (sulfide) groups is 1. The summed E-state index contributed by atoms with van der Waals surface area (Å²) in [5.74, 6) is 1.49. The van der Waals surface area contributed by atoms with Crippen molar-refractivity contribution in [3.05, 3.63) is 0 Å². The summed E-state index contributed by atoms with van der Waals surface area (Å²) in [6, 6.07) is 0.582. The summed E-state index contributed by atoms with van der Waals surface area (Å²) in [5.41, 5.74) is 0. The molecule has 1 saturated carbocycles. The number of hydrogen-bond acceptors (Lipinski definition) is 4. The zero-order valence-corrected chi connectivity index (χ0v) is 11.9. The van der Waals surface area contributed by atoms with Gasteiger partial charge in [-0.15, -0.1) is 0 Å². The standard InChI is InChI=1S/C13H27NO2S/c1-3-10-5-6-12(14-4-2)13(7-10)17-9-11(16)8-15/h10-16H,3-9H2,1-2H3. The van der Waals surface area contributed by atoms with Crippen molar-refractivity contribution < 1.29 is 10.2 Å². The molecule has 4 unspecified atom stereocenters. The summed E-state index contributed by atoms with van der Waals surface area (Å²) >= 11 is 1.82. The van der Waals surface area contributed by atoms with E-state index in [2.05, 4.69) is 19.2 Å². The Hall–Kier alpha value is 0.230. The van der Waals surface area contributed by atoms with E-state index in [4.69, 9.17) is 5.11 Å². The van der Waals surface area contributed by atoms with Crippen LogP contribution in [0.25, 0.3) is 0 Å². The number of rotatable bonds is 7. The average Bonchev–Trinajstić information content (AvgIpc) is 2.37. The van der Waals surface area contributed by atoms with Gasteiger partial charge in [-0.1, -0.05) is 20.3 Å². The lowest BCUT2D eigenvalue weighted by Crippen LogP contribution is -2.43. The fourth-order valence-electron chi connectivity index (χ4n) is 2.55. The van der Waals surface area contributed by atoms with Crippen molar-refractivity contribution in [1.82, 2.24) is 5.32 Å². The van der Waals surface area contributed by atoms with E-state index in [1.54, 1.807) is 0 Å². The molecule has 0 radical (unpaired) electrons. The molecule has 4 heteroatoms. The largest absolute Gasteiger partial charge is 0.394 e. The summed E-state index contributed by atoms with van der Waals surface area (Å²) in [4.78, 5) is 0. The Bertz CT molecular complexity index is 204. The van der Waals surface area contributed by atoms with Gasteiger partial charge in [0.15, 0.2) is 0 Å². The Kier molecular flexibility index (Phi) is 7.51. The van der Waals surface area contributed by atoms with Crippen LogP contribution >= 0.6 is 11.8 Å². The van der Waals surface area contributed by atoms with Crippen LogP contribution in [-0.4, -0.2) is 46.5 Å². The van der Waals surface area contributed by atoms with Crippen LogP contribution in [0, 0.1) is 5.92 Å². The van der Waals surface area contributed by atoms with E-state index in [9.17, 15) is 5.11 Å². The first-order valence-electron chi connectivity index (χ1n) is 6.85. The van der Waals surface area contributed by atoms with Gasteiger partial charge in [0, 0.05) is 17.0 Å². The lowest BCUT2D eigenvalue weighted by Gasteiger charge is -2.36. The first-order chi connectivity index (χ1) is 8.21. The number of hydrogen-bond donors (Lipinski definition) is 3. The zero-order valence-electron chi connectivity index (χ0n) is 11.1. The normalized spacial score (nSPS) is 31.4. The fourth-order valence-corrected chi connectivity index (χ4v) is 4.00. The van der Waals surface area contributed by atoms with Gasteiger partial charge in [0.2, 0.25) is 0 Å². The molecule has 17 heavy (non-hydrogen) atoms. The molecule has 0 aromatic carbocycles. The predicted molar refractivity (Wildman–Crippen MR) is 74.4 cm³/mol. The van der Waals surface area contributed by atoms with E-state index >= 15 is 0 Å². The SMILES string of the molecule is CCNC1CCC(CC)CC1SCC(O)CO. The second-order valence-corrected chi connectivity index (χ2v) is 6.23. The molecular weight excluding hydrogens is 234 g/mol. The summed E-state index contributed by atoms with van der Waals surface area (Å²) in [7, 11) is 0. The van der Waals surface area contributed by atoms with Crippen molar-refractivity contribution in [3.8, 4) is 0 Å². The van der Waals surface area contributed by atoms with Crippen molar-refractivity contribution >= 4 is 11.8 Å². The van der Waals surface area contributed by atoms with Crippen LogP contribution in [0.1, 0.15) is 39.5 Å². The maximum atomic E-state index is 9.44. The van der Waals surface area contributed by atoms with Crippen molar-refractivity contribution in [2.24, 2.45) is 5.92 Å². The Morgan fingerprint density at radius 1 is 1.35 bits per heavy atom. The van der Waals surface area contributed by atoms with Crippen molar-refractivity contribution in [3.63, 3.8) is 0 Å². The second kappa shape index (κ2) is 8.35. The average molecular weight is 261 g/mol. The topological polar surface area (TPSA) is 52.5 Å². The van der Waals surface area contributed by atoms with Gasteiger partial charge in [-0.3, -0.25) is 0 Å². The Morgan fingerprint density at radius 2 is 2.12 bits per heavy atom. The van der Waals surface area contributed by atoms with Gasteiger partial charge in [0.25, 0.3) is 0 Å². The van der Waals surface area contributed by atoms with Crippen LogP contribution in [0.4, 0.5) is 0 Å². The molecule has 0 amide bonds. The van der Waals surface area contributed by atoms with Gasteiger partial charge < -0.3 is 15.5 Å². The van der Waals surface area contributed by atoms with Gasteiger partial charge in [-0.05, 0) is 31.7 Å². The maximum absolute atomic E-state index is 9.44. The zero-order chi connectivity index (χ0) is 12.7. The minimum absolute atomic E-state index is 0.122. The number of aliphatic hydroxyl groups excluding tert-OH is 2. The molecule has 3 N–H and O–H groups in total. The minimum atomic E-state index is -0.565. The third-order valence-corrected chi connectivity index (χ3v) is 5.18. The van der Waals surface area contributed by atoms with Crippen LogP contribution in [0.5, 0.6) is 0 Å². The fraction of sp³-hybridized carbons (Fsp3) is 1.00. The van der Waals surface area contributed by atoms with Gasteiger partial charge >= 0.3 is 0 Å². The molecule has 0 heterocycles.